The van der Waals surface area contributed by atoms with E-state index in [4.69, 9.17) is 4.74 Å². The van der Waals surface area contributed by atoms with Crippen molar-refractivity contribution < 1.29 is 9.53 Å². The second-order valence-electron chi connectivity index (χ2n) is 7.33. The van der Waals surface area contributed by atoms with Gasteiger partial charge in [-0.2, -0.15) is 5.10 Å². The summed E-state index contributed by atoms with van der Waals surface area (Å²) in [7, 11) is 1.64. The largest absolute Gasteiger partial charge is 0.377 e. The molecule has 2 fully saturated rings. The minimum Gasteiger partial charge on any atom is -0.377 e. The molecule has 0 radical (unpaired) electrons. The molecule has 26 heavy (non-hydrogen) atoms. The highest BCUT2D eigenvalue weighted by Crippen LogP contribution is 2.47. The van der Waals surface area contributed by atoms with Gasteiger partial charge in [-0.3, -0.25) is 9.89 Å². The Morgan fingerprint density at radius 1 is 1.27 bits per heavy atom. The molecule has 0 spiro atoms. The number of hydrogen-bond acceptors (Lipinski definition) is 6. The van der Waals surface area contributed by atoms with Crippen LogP contribution in [0.4, 0.5) is 0 Å². The summed E-state index contributed by atoms with van der Waals surface area (Å²) in [6.45, 7) is 5.48. The van der Waals surface area contributed by atoms with Crippen LogP contribution in [0.5, 0.6) is 0 Å². The Balaban J connectivity index is 1.56. The number of aryl methyl sites for hydroxylation is 2. The summed E-state index contributed by atoms with van der Waals surface area (Å²) >= 11 is 0. The van der Waals surface area contributed by atoms with E-state index in [9.17, 15) is 4.79 Å². The van der Waals surface area contributed by atoms with E-state index in [1.54, 1.807) is 13.2 Å². The molecule has 0 aromatic carbocycles. The topological polar surface area (TPSA) is 96.9 Å². The maximum absolute atomic E-state index is 13.0. The summed E-state index contributed by atoms with van der Waals surface area (Å²) in [4.78, 5) is 28.1. The van der Waals surface area contributed by atoms with Crippen molar-refractivity contribution in [3.8, 4) is 0 Å². The van der Waals surface area contributed by atoms with Crippen molar-refractivity contribution in [1.29, 1.82) is 0 Å². The molecule has 138 valence electrons. The highest BCUT2D eigenvalue weighted by molar-refractivity contribution is 5.92. The Morgan fingerprint density at radius 2 is 2.08 bits per heavy atom. The monoisotopic (exact) mass is 356 g/mol. The molecular weight excluding hydrogens is 332 g/mol. The number of aromatic amines is 1. The van der Waals surface area contributed by atoms with E-state index >= 15 is 0 Å². The molecule has 3 heterocycles. The molecule has 0 bridgehead atoms. The van der Waals surface area contributed by atoms with Crippen molar-refractivity contribution in [2.45, 2.75) is 39.2 Å². The summed E-state index contributed by atoms with van der Waals surface area (Å²) in [5.41, 5.74) is 1.29. The molecule has 1 amide bonds. The van der Waals surface area contributed by atoms with Crippen molar-refractivity contribution in [1.82, 2.24) is 30.0 Å². The van der Waals surface area contributed by atoms with Crippen molar-refractivity contribution in [2.24, 2.45) is 11.8 Å². The third-order valence-electron chi connectivity index (χ3n) is 5.23. The molecule has 2 aromatic heterocycles. The molecule has 1 N–H and O–H groups in total. The van der Waals surface area contributed by atoms with Gasteiger partial charge in [-0.1, -0.05) is 0 Å². The van der Waals surface area contributed by atoms with Gasteiger partial charge in [0.25, 0.3) is 5.91 Å². The van der Waals surface area contributed by atoms with Crippen LogP contribution < -0.4 is 0 Å². The zero-order valence-corrected chi connectivity index (χ0v) is 15.4. The lowest BCUT2D eigenvalue weighted by atomic mass is 9.91. The lowest BCUT2D eigenvalue weighted by Crippen LogP contribution is -2.30. The maximum Gasteiger partial charge on any atom is 0.272 e. The van der Waals surface area contributed by atoms with Gasteiger partial charge in [0.1, 0.15) is 18.1 Å². The minimum atomic E-state index is -0.0283. The first-order valence-electron chi connectivity index (χ1n) is 9.07. The van der Waals surface area contributed by atoms with Crippen LogP contribution in [0, 0.1) is 25.7 Å². The first-order valence-corrected chi connectivity index (χ1v) is 9.07. The van der Waals surface area contributed by atoms with Crippen LogP contribution in [0.15, 0.2) is 6.07 Å². The van der Waals surface area contributed by atoms with Crippen LogP contribution >= 0.6 is 0 Å². The smallest absolute Gasteiger partial charge is 0.272 e. The van der Waals surface area contributed by atoms with Crippen LogP contribution in [-0.2, 0) is 11.3 Å². The van der Waals surface area contributed by atoms with Crippen molar-refractivity contribution >= 4 is 5.91 Å². The maximum atomic E-state index is 13.0. The minimum absolute atomic E-state index is 0.0283. The fraction of sp³-hybridized carbons (Fsp3) is 0.611. The van der Waals surface area contributed by atoms with Crippen LogP contribution in [0.3, 0.4) is 0 Å². The second kappa shape index (κ2) is 6.75. The summed E-state index contributed by atoms with van der Waals surface area (Å²) in [5.74, 6) is 3.35. The van der Waals surface area contributed by atoms with E-state index in [0.717, 1.165) is 23.9 Å². The fourth-order valence-electron chi connectivity index (χ4n) is 3.94. The Kier molecular flexibility index (Phi) is 4.44. The number of likely N-dealkylation sites (tertiary alicyclic amines) is 1. The number of aromatic nitrogens is 5. The lowest BCUT2D eigenvalue weighted by Gasteiger charge is -2.16. The molecule has 2 aromatic rings. The lowest BCUT2D eigenvalue weighted by molar-refractivity contribution is 0.0778. The van der Waals surface area contributed by atoms with Crippen LogP contribution in [0.25, 0.3) is 0 Å². The SMILES string of the molecule is COCc1nc([C@H]2CN(C(=O)c3cc(C)nc(C)n3)C[C@@H]2C2CC2)n[nH]1. The van der Waals surface area contributed by atoms with E-state index in [1.807, 2.05) is 18.7 Å². The Bertz CT molecular complexity index is 796. The molecule has 4 rings (SSSR count). The van der Waals surface area contributed by atoms with Gasteiger partial charge in [0.05, 0.1) is 0 Å². The normalized spacial score (nSPS) is 22.8. The van der Waals surface area contributed by atoms with Crippen molar-refractivity contribution in [3.63, 3.8) is 0 Å². The van der Waals surface area contributed by atoms with Gasteiger partial charge in [0, 0.05) is 31.8 Å². The number of carbonyl (C=O) groups excluding carboxylic acids is 1. The summed E-state index contributed by atoms with van der Waals surface area (Å²) in [5, 5.41) is 7.34. The quantitative estimate of drug-likeness (QED) is 0.874. The van der Waals surface area contributed by atoms with Gasteiger partial charge >= 0.3 is 0 Å². The Hall–Kier alpha value is -2.35. The predicted molar refractivity (Wildman–Crippen MR) is 93.5 cm³/mol. The average Bonchev–Trinajstić information content (AvgIpc) is 3.17. The number of nitrogens with one attached hydrogen (secondary N) is 1. The first kappa shape index (κ1) is 17.1. The first-order chi connectivity index (χ1) is 12.5. The molecule has 0 unspecified atom stereocenters. The molecule has 1 aliphatic carbocycles. The van der Waals surface area contributed by atoms with Gasteiger partial charge < -0.3 is 9.64 Å². The second-order valence-corrected chi connectivity index (χ2v) is 7.33. The molecule has 8 heteroatoms. The highest BCUT2D eigenvalue weighted by atomic mass is 16.5. The fourth-order valence-corrected chi connectivity index (χ4v) is 3.94. The number of H-pyrrole nitrogens is 1. The van der Waals surface area contributed by atoms with E-state index in [-0.39, 0.29) is 11.8 Å². The molecule has 2 aliphatic rings. The summed E-state index contributed by atoms with van der Waals surface area (Å²) < 4.78 is 5.12. The number of rotatable bonds is 5. The summed E-state index contributed by atoms with van der Waals surface area (Å²) in [6.07, 6.45) is 2.45. The third kappa shape index (κ3) is 3.33. The van der Waals surface area contributed by atoms with Gasteiger partial charge in [-0.15, -0.1) is 0 Å². The molecule has 8 nitrogen and oxygen atoms in total. The van der Waals surface area contributed by atoms with Gasteiger partial charge in [-0.25, -0.2) is 15.0 Å². The average molecular weight is 356 g/mol. The molecule has 1 aliphatic heterocycles. The number of hydrogen-bond donors (Lipinski definition) is 1. The zero-order chi connectivity index (χ0) is 18.3. The highest BCUT2D eigenvalue weighted by Gasteiger charge is 2.46. The number of ether oxygens (including phenoxy) is 1. The number of methoxy groups -OCH3 is 1. The van der Waals surface area contributed by atoms with Crippen LogP contribution in [0.2, 0.25) is 0 Å². The number of nitrogens with zero attached hydrogens (tertiary/aromatic N) is 5. The van der Waals surface area contributed by atoms with Gasteiger partial charge in [0.2, 0.25) is 0 Å². The Morgan fingerprint density at radius 3 is 2.77 bits per heavy atom. The van der Waals surface area contributed by atoms with E-state index < -0.39 is 0 Å². The molecule has 2 atom stereocenters. The Labute approximate surface area is 152 Å². The van der Waals surface area contributed by atoms with Crippen molar-refractivity contribution in [3.05, 3.63) is 34.9 Å². The molecule has 1 saturated carbocycles. The standard InChI is InChI=1S/C18H24N6O2/c1-10-6-15(20-11(2)19-10)18(25)24-7-13(12-4-5-12)14(8-24)17-21-16(9-26-3)22-23-17/h6,12-14H,4-5,7-9H2,1-3H3,(H,21,22,23)/t13-,14+/m1/s1. The van der Waals surface area contributed by atoms with Gasteiger partial charge in [-0.05, 0) is 44.6 Å². The molecular formula is C18H24N6O2. The van der Waals surface area contributed by atoms with Gasteiger partial charge in [0.15, 0.2) is 11.6 Å². The van der Waals surface area contributed by atoms with Crippen LogP contribution in [-0.4, -0.2) is 56.2 Å². The van der Waals surface area contributed by atoms with E-state index in [1.165, 1.54) is 12.8 Å². The molecule has 1 saturated heterocycles. The van der Waals surface area contributed by atoms with Crippen LogP contribution in [0.1, 0.15) is 52.4 Å². The number of amides is 1. The predicted octanol–water partition coefficient (Wildman–Crippen LogP) is 1.62. The van der Waals surface area contributed by atoms with E-state index in [0.29, 0.717) is 36.5 Å². The van der Waals surface area contributed by atoms with Crippen molar-refractivity contribution in [2.75, 3.05) is 20.2 Å². The number of carbonyl (C=O) groups is 1. The third-order valence-corrected chi connectivity index (χ3v) is 5.23. The van der Waals surface area contributed by atoms with E-state index in [2.05, 4.69) is 25.1 Å². The zero-order valence-electron chi connectivity index (χ0n) is 15.4. The summed E-state index contributed by atoms with van der Waals surface area (Å²) in [6, 6.07) is 1.76.